The fourth-order valence-electron chi connectivity index (χ4n) is 3.09. The lowest BCUT2D eigenvalue weighted by atomic mass is 9.86. The molecule has 1 aromatic carbocycles. The number of carbonyl (C=O) groups excluding carboxylic acids is 2. The van der Waals surface area contributed by atoms with Gasteiger partial charge >= 0.3 is 5.97 Å². The molecular weight excluding hydrogens is 320 g/mol. The van der Waals surface area contributed by atoms with Crippen LogP contribution in [0.1, 0.15) is 43.0 Å². The Morgan fingerprint density at radius 3 is 2.68 bits per heavy atom. The standard InChI is InChI=1S/C18H22N4O3/c1-13-4-2-3-5-16(13)21-17(23)10-25-18(24)14-6-8-15(9-7-14)22-12-19-11-20-22/h6-9,11-13,16H,2-5,10H2,1H3,(H,21,23)/t13-,16+/m0/s1. The molecule has 0 spiro atoms. The highest BCUT2D eigenvalue weighted by Gasteiger charge is 2.23. The summed E-state index contributed by atoms with van der Waals surface area (Å²) < 4.78 is 6.70. The number of aromatic nitrogens is 3. The average molecular weight is 342 g/mol. The second-order valence-electron chi connectivity index (χ2n) is 6.40. The Morgan fingerprint density at radius 1 is 1.24 bits per heavy atom. The van der Waals surface area contributed by atoms with Gasteiger partial charge in [-0.05, 0) is 43.0 Å². The van der Waals surface area contributed by atoms with Crippen molar-refractivity contribution in [3.8, 4) is 5.69 Å². The van der Waals surface area contributed by atoms with Crippen molar-refractivity contribution in [1.29, 1.82) is 0 Å². The van der Waals surface area contributed by atoms with E-state index < -0.39 is 5.97 Å². The van der Waals surface area contributed by atoms with Gasteiger partial charge in [0.05, 0.1) is 11.3 Å². The predicted molar refractivity (Wildman–Crippen MR) is 91.2 cm³/mol. The van der Waals surface area contributed by atoms with E-state index in [1.165, 1.54) is 12.7 Å². The van der Waals surface area contributed by atoms with Crippen LogP contribution in [0.4, 0.5) is 0 Å². The lowest BCUT2D eigenvalue weighted by Crippen LogP contribution is -2.42. The zero-order valence-electron chi connectivity index (χ0n) is 14.2. The van der Waals surface area contributed by atoms with Crippen LogP contribution in [0.25, 0.3) is 5.69 Å². The number of esters is 1. The highest BCUT2D eigenvalue weighted by molar-refractivity contribution is 5.91. The number of hydrogen-bond acceptors (Lipinski definition) is 5. The Labute approximate surface area is 146 Å². The third-order valence-corrected chi connectivity index (χ3v) is 4.58. The average Bonchev–Trinajstić information content (AvgIpc) is 3.16. The molecule has 0 saturated heterocycles. The third kappa shape index (κ3) is 4.43. The van der Waals surface area contributed by atoms with Gasteiger partial charge in [-0.25, -0.2) is 14.5 Å². The van der Waals surface area contributed by atoms with Crippen LogP contribution in [0, 0.1) is 5.92 Å². The van der Waals surface area contributed by atoms with Crippen molar-refractivity contribution in [2.24, 2.45) is 5.92 Å². The van der Waals surface area contributed by atoms with Gasteiger partial charge in [-0.15, -0.1) is 0 Å². The highest BCUT2D eigenvalue weighted by Crippen LogP contribution is 2.23. The molecule has 1 heterocycles. The SMILES string of the molecule is C[C@H]1CCCC[C@H]1NC(=O)COC(=O)c1ccc(-n2cncn2)cc1. The van der Waals surface area contributed by atoms with E-state index >= 15 is 0 Å². The number of rotatable bonds is 5. The van der Waals surface area contributed by atoms with Gasteiger partial charge in [-0.3, -0.25) is 4.79 Å². The number of benzene rings is 1. The third-order valence-electron chi connectivity index (χ3n) is 4.58. The molecule has 2 aromatic rings. The maximum Gasteiger partial charge on any atom is 0.338 e. The van der Waals surface area contributed by atoms with Gasteiger partial charge in [0.25, 0.3) is 5.91 Å². The summed E-state index contributed by atoms with van der Waals surface area (Å²) in [5.41, 5.74) is 1.18. The van der Waals surface area contributed by atoms with E-state index in [2.05, 4.69) is 22.3 Å². The normalized spacial score (nSPS) is 20.0. The van der Waals surface area contributed by atoms with Gasteiger partial charge in [0.15, 0.2) is 6.61 Å². The van der Waals surface area contributed by atoms with E-state index in [4.69, 9.17) is 4.74 Å². The lowest BCUT2D eigenvalue weighted by Gasteiger charge is -2.29. The molecule has 0 radical (unpaired) electrons. The summed E-state index contributed by atoms with van der Waals surface area (Å²) in [5.74, 6) is -0.291. The molecule has 3 rings (SSSR count). The van der Waals surface area contributed by atoms with Crippen molar-refractivity contribution in [2.45, 2.75) is 38.6 Å². The van der Waals surface area contributed by atoms with E-state index in [9.17, 15) is 9.59 Å². The fraction of sp³-hybridized carbons (Fsp3) is 0.444. The monoisotopic (exact) mass is 342 g/mol. The largest absolute Gasteiger partial charge is 0.452 e. The van der Waals surface area contributed by atoms with Gasteiger partial charge in [-0.2, -0.15) is 5.10 Å². The fourth-order valence-corrected chi connectivity index (χ4v) is 3.09. The minimum Gasteiger partial charge on any atom is -0.452 e. The molecule has 1 aliphatic carbocycles. The first-order valence-corrected chi connectivity index (χ1v) is 8.55. The summed E-state index contributed by atoms with van der Waals surface area (Å²) in [6.45, 7) is 1.89. The number of ether oxygens (including phenoxy) is 1. The molecule has 1 N–H and O–H groups in total. The van der Waals surface area contributed by atoms with E-state index in [0.29, 0.717) is 11.5 Å². The Kier molecular flexibility index (Phi) is 5.42. The van der Waals surface area contributed by atoms with Gasteiger partial charge in [0, 0.05) is 6.04 Å². The van der Waals surface area contributed by atoms with Crippen LogP contribution in [0.5, 0.6) is 0 Å². The summed E-state index contributed by atoms with van der Waals surface area (Å²) in [5, 5.41) is 6.99. The molecule has 7 nitrogen and oxygen atoms in total. The number of carbonyl (C=O) groups is 2. The van der Waals surface area contributed by atoms with Crippen molar-refractivity contribution in [3.05, 3.63) is 42.5 Å². The summed E-state index contributed by atoms with van der Waals surface area (Å²) in [6.07, 6.45) is 7.48. The first kappa shape index (κ1) is 17.1. The summed E-state index contributed by atoms with van der Waals surface area (Å²) >= 11 is 0. The van der Waals surface area contributed by atoms with Crippen LogP contribution in [-0.4, -0.2) is 39.3 Å². The van der Waals surface area contributed by atoms with Crippen molar-refractivity contribution >= 4 is 11.9 Å². The topological polar surface area (TPSA) is 86.1 Å². The first-order valence-electron chi connectivity index (χ1n) is 8.55. The molecule has 1 saturated carbocycles. The molecule has 0 unspecified atom stereocenters. The van der Waals surface area contributed by atoms with Crippen LogP contribution >= 0.6 is 0 Å². The van der Waals surface area contributed by atoms with Gasteiger partial charge in [-0.1, -0.05) is 19.8 Å². The Morgan fingerprint density at radius 2 is 2.00 bits per heavy atom. The van der Waals surface area contributed by atoms with Gasteiger partial charge in [0.2, 0.25) is 0 Å². The zero-order valence-corrected chi connectivity index (χ0v) is 14.2. The smallest absolute Gasteiger partial charge is 0.338 e. The van der Waals surface area contributed by atoms with Crippen LogP contribution in [-0.2, 0) is 9.53 Å². The minimum absolute atomic E-state index is 0.182. The maximum absolute atomic E-state index is 12.1. The number of hydrogen-bond donors (Lipinski definition) is 1. The molecule has 0 aliphatic heterocycles. The molecule has 0 bridgehead atoms. The molecule has 1 aromatic heterocycles. The van der Waals surface area contributed by atoms with Crippen LogP contribution in [0.15, 0.2) is 36.9 Å². The minimum atomic E-state index is -0.517. The van der Waals surface area contributed by atoms with E-state index in [-0.39, 0.29) is 18.6 Å². The Balaban J connectivity index is 1.49. The van der Waals surface area contributed by atoms with Crippen LogP contribution in [0.3, 0.4) is 0 Å². The summed E-state index contributed by atoms with van der Waals surface area (Å²) in [6, 6.07) is 6.95. The van der Waals surface area contributed by atoms with Crippen LogP contribution in [0.2, 0.25) is 0 Å². The van der Waals surface area contributed by atoms with Crippen LogP contribution < -0.4 is 5.32 Å². The quantitative estimate of drug-likeness (QED) is 0.841. The molecular formula is C18H22N4O3. The Bertz CT molecular complexity index is 712. The van der Waals surface area contributed by atoms with E-state index in [1.807, 2.05) is 0 Å². The molecule has 25 heavy (non-hydrogen) atoms. The van der Waals surface area contributed by atoms with E-state index in [0.717, 1.165) is 24.9 Å². The Hall–Kier alpha value is -2.70. The predicted octanol–water partition coefficient (Wildman–Crippen LogP) is 2.12. The van der Waals surface area contributed by atoms with Crippen molar-refractivity contribution in [2.75, 3.05) is 6.61 Å². The first-order chi connectivity index (χ1) is 12.1. The second kappa shape index (κ2) is 7.92. The molecule has 1 aliphatic rings. The molecule has 1 fully saturated rings. The summed E-state index contributed by atoms with van der Waals surface area (Å²) in [7, 11) is 0. The van der Waals surface area contributed by atoms with E-state index in [1.54, 1.807) is 35.3 Å². The summed E-state index contributed by atoms with van der Waals surface area (Å²) in [4.78, 5) is 27.9. The lowest BCUT2D eigenvalue weighted by molar-refractivity contribution is -0.125. The molecule has 7 heteroatoms. The maximum atomic E-state index is 12.1. The zero-order chi connectivity index (χ0) is 17.6. The van der Waals surface area contributed by atoms with Crippen molar-refractivity contribution in [3.63, 3.8) is 0 Å². The molecule has 1 amide bonds. The molecule has 132 valence electrons. The number of amides is 1. The highest BCUT2D eigenvalue weighted by atomic mass is 16.5. The second-order valence-corrected chi connectivity index (χ2v) is 6.40. The van der Waals surface area contributed by atoms with Crippen molar-refractivity contribution < 1.29 is 14.3 Å². The van der Waals surface area contributed by atoms with Gasteiger partial charge in [0.1, 0.15) is 12.7 Å². The van der Waals surface area contributed by atoms with Crippen molar-refractivity contribution in [1.82, 2.24) is 20.1 Å². The van der Waals surface area contributed by atoms with Gasteiger partial charge < -0.3 is 10.1 Å². The number of nitrogens with zero attached hydrogens (tertiary/aromatic N) is 3. The number of nitrogens with one attached hydrogen (secondary N) is 1. The molecule has 2 atom stereocenters.